The van der Waals surface area contributed by atoms with Gasteiger partial charge in [-0.3, -0.25) is 4.79 Å². The summed E-state index contributed by atoms with van der Waals surface area (Å²) in [6.45, 7) is 2.05. The zero-order valence-corrected chi connectivity index (χ0v) is 20.0. The summed E-state index contributed by atoms with van der Waals surface area (Å²) >= 11 is 7.79. The summed E-state index contributed by atoms with van der Waals surface area (Å²) in [6.07, 6.45) is 3.47. The Morgan fingerprint density at radius 1 is 1.06 bits per heavy atom. The third kappa shape index (κ3) is 3.49. The summed E-state index contributed by atoms with van der Waals surface area (Å²) in [7, 11) is 3.66. The van der Waals surface area contributed by atoms with Gasteiger partial charge in [0.05, 0.1) is 34.9 Å². The maximum Gasteiger partial charge on any atom is 0.251 e. The average molecular weight is 476 g/mol. The number of aromatic nitrogens is 4. The predicted molar refractivity (Wildman–Crippen MR) is 134 cm³/mol. The molecule has 0 aliphatic rings. The molecule has 0 fully saturated rings. The number of hydrogen-bond donors (Lipinski definition) is 1. The molecule has 4 aromatic heterocycles. The van der Waals surface area contributed by atoms with Crippen LogP contribution in [0.3, 0.4) is 0 Å². The van der Waals surface area contributed by atoms with E-state index in [0.717, 1.165) is 32.7 Å². The van der Waals surface area contributed by atoms with Crippen LogP contribution in [0.4, 0.5) is 0 Å². The average Bonchev–Trinajstić information content (AvgIpc) is 3.44. The van der Waals surface area contributed by atoms with Crippen LogP contribution < -0.4 is 11.3 Å². The van der Waals surface area contributed by atoms with Crippen molar-refractivity contribution in [3.05, 3.63) is 104 Å². The molecule has 1 unspecified atom stereocenters. The Hall–Kier alpha value is -3.26. The van der Waals surface area contributed by atoms with Crippen molar-refractivity contribution in [2.45, 2.75) is 12.5 Å². The van der Waals surface area contributed by atoms with Gasteiger partial charge in [-0.2, -0.15) is 0 Å². The van der Waals surface area contributed by atoms with Crippen LogP contribution in [-0.2, 0) is 19.6 Å². The predicted octanol–water partition coefficient (Wildman–Crippen LogP) is 4.61. The topological polar surface area (TPSA) is 78.7 Å². The molecule has 8 heteroatoms. The molecule has 1 atom stereocenters. The minimum atomic E-state index is -1.08. The van der Waals surface area contributed by atoms with Crippen molar-refractivity contribution in [2.24, 2.45) is 19.8 Å². The Morgan fingerprint density at radius 3 is 2.45 bits per heavy atom. The lowest BCUT2D eigenvalue weighted by Gasteiger charge is -2.30. The van der Waals surface area contributed by atoms with Gasteiger partial charge in [-0.15, -0.1) is 11.3 Å². The van der Waals surface area contributed by atoms with E-state index in [1.54, 1.807) is 41.5 Å². The highest BCUT2D eigenvalue weighted by Crippen LogP contribution is 2.36. The van der Waals surface area contributed by atoms with Gasteiger partial charge in [-0.25, -0.2) is 9.97 Å². The first-order chi connectivity index (χ1) is 15.8. The summed E-state index contributed by atoms with van der Waals surface area (Å²) in [4.78, 5) is 24.2. The van der Waals surface area contributed by atoms with Crippen LogP contribution in [-0.4, -0.2) is 19.1 Å². The number of pyridine rings is 2. The fraction of sp³-hybridized carbons (Fsp3) is 0.160. The lowest BCUT2D eigenvalue weighted by Crippen LogP contribution is -2.41. The van der Waals surface area contributed by atoms with Crippen LogP contribution in [0.2, 0.25) is 5.02 Å². The molecule has 0 bridgehead atoms. The maximum atomic E-state index is 12.7. The molecule has 0 aliphatic heterocycles. The van der Waals surface area contributed by atoms with Gasteiger partial charge in [0.25, 0.3) is 5.56 Å². The van der Waals surface area contributed by atoms with Crippen LogP contribution in [0.1, 0.15) is 21.8 Å². The van der Waals surface area contributed by atoms with Crippen molar-refractivity contribution < 1.29 is 0 Å². The number of thiophene rings is 1. The van der Waals surface area contributed by atoms with Gasteiger partial charge in [0.15, 0.2) is 0 Å². The molecule has 0 saturated carbocycles. The number of hydrogen-bond acceptors (Lipinski definition) is 5. The van der Waals surface area contributed by atoms with E-state index >= 15 is 0 Å². The van der Waals surface area contributed by atoms with Gasteiger partial charge in [-0.1, -0.05) is 23.7 Å². The van der Waals surface area contributed by atoms with E-state index in [2.05, 4.69) is 4.98 Å². The van der Waals surface area contributed by atoms with Gasteiger partial charge < -0.3 is 14.9 Å². The SMILES string of the molecule is Cc1ccc(-c2cc(=O)n(C)c3ccc(C(N)(c4ccc(Cl)cc4)c4cncn4C)nc23)s1. The Balaban J connectivity index is 1.83. The fourth-order valence-electron chi connectivity index (χ4n) is 4.19. The highest BCUT2D eigenvalue weighted by atomic mass is 35.5. The maximum absolute atomic E-state index is 12.7. The van der Waals surface area contributed by atoms with Gasteiger partial charge in [-0.05, 0) is 48.9 Å². The van der Waals surface area contributed by atoms with Crippen molar-refractivity contribution in [3.63, 3.8) is 0 Å². The molecule has 1 aromatic carbocycles. The summed E-state index contributed by atoms with van der Waals surface area (Å²) in [6, 6.07) is 17.0. The molecule has 166 valence electrons. The van der Waals surface area contributed by atoms with Crippen LogP contribution in [0, 0.1) is 6.92 Å². The van der Waals surface area contributed by atoms with E-state index < -0.39 is 5.54 Å². The Labute approximate surface area is 199 Å². The number of nitrogens with zero attached hydrogens (tertiary/aromatic N) is 4. The third-order valence-electron chi connectivity index (χ3n) is 6.02. The smallest absolute Gasteiger partial charge is 0.251 e. The van der Waals surface area contributed by atoms with Gasteiger partial charge in [0.1, 0.15) is 5.54 Å². The molecule has 5 aromatic rings. The molecule has 0 amide bonds. The first kappa shape index (κ1) is 21.6. The molecule has 0 saturated heterocycles. The summed E-state index contributed by atoms with van der Waals surface area (Å²) in [5.74, 6) is 0. The normalized spacial score (nSPS) is 13.4. The van der Waals surface area contributed by atoms with Crippen molar-refractivity contribution >= 4 is 34.0 Å². The third-order valence-corrected chi connectivity index (χ3v) is 7.30. The van der Waals surface area contributed by atoms with Crippen molar-refractivity contribution in [3.8, 4) is 10.4 Å². The number of benzene rings is 1. The van der Waals surface area contributed by atoms with Crippen LogP contribution in [0.25, 0.3) is 21.5 Å². The summed E-state index contributed by atoms with van der Waals surface area (Å²) in [5.41, 5.74) is 10.6. The quantitative estimate of drug-likeness (QED) is 0.411. The lowest BCUT2D eigenvalue weighted by atomic mass is 9.84. The minimum Gasteiger partial charge on any atom is -0.335 e. The van der Waals surface area contributed by atoms with E-state index in [-0.39, 0.29) is 5.56 Å². The number of aryl methyl sites for hydroxylation is 3. The lowest BCUT2D eigenvalue weighted by molar-refractivity contribution is 0.580. The molecule has 2 N–H and O–H groups in total. The molecule has 33 heavy (non-hydrogen) atoms. The number of fused-ring (bicyclic) bond motifs is 1. The molecule has 0 radical (unpaired) electrons. The largest absolute Gasteiger partial charge is 0.335 e. The Kier molecular flexibility index (Phi) is 5.20. The number of halogens is 1. The van der Waals surface area contributed by atoms with Crippen molar-refractivity contribution in [1.29, 1.82) is 0 Å². The standard InChI is InChI=1S/C25H22ClN5OS/c1-15-4-10-20(33-15)18-12-23(32)31(3)19-9-11-21(29-24(18)19)25(27,22-13-28-14-30(22)2)16-5-7-17(26)8-6-16/h4-14H,27H2,1-3H3. The van der Waals surface area contributed by atoms with E-state index in [4.69, 9.17) is 22.3 Å². The van der Waals surface area contributed by atoms with Gasteiger partial charge in [0.2, 0.25) is 0 Å². The number of nitrogens with two attached hydrogens (primary N) is 1. The van der Waals surface area contributed by atoms with Gasteiger partial charge in [0, 0.05) is 40.5 Å². The first-order valence-corrected chi connectivity index (χ1v) is 11.6. The van der Waals surface area contributed by atoms with Crippen molar-refractivity contribution in [1.82, 2.24) is 19.1 Å². The summed E-state index contributed by atoms with van der Waals surface area (Å²) in [5, 5.41) is 0.628. The highest BCUT2D eigenvalue weighted by Gasteiger charge is 2.36. The second-order valence-electron chi connectivity index (χ2n) is 8.13. The monoisotopic (exact) mass is 475 g/mol. The molecular weight excluding hydrogens is 454 g/mol. The van der Waals surface area contributed by atoms with Gasteiger partial charge >= 0.3 is 0 Å². The van der Waals surface area contributed by atoms with E-state index in [1.165, 1.54) is 4.88 Å². The van der Waals surface area contributed by atoms with Crippen LogP contribution in [0.5, 0.6) is 0 Å². The Bertz CT molecular complexity index is 1550. The number of imidazole rings is 1. The highest BCUT2D eigenvalue weighted by molar-refractivity contribution is 7.15. The van der Waals surface area contributed by atoms with E-state index in [9.17, 15) is 4.79 Å². The molecule has 6 nitrogen and oxygen atoms in total. The zero-order chi connectivity index (χ0) is 23.3. The molecular formula is C25H22ClN5OS. The summed E-state index contributed by atoms with van der Waals surface area (Å²) < 4.78 is 3.51. The Morgan fingerprint density at radius 2 is 1.82 bits per heavy atom. The zero-order valence-electron chi connectivity index (χ0n) is 18.4. The molecule has 0 aliphatic carbocycles. The molecule has 4 heterocycles. The first-order valence-electron chi connectivity index (χ1n) is 10.4. The van der Waals surface area contributed by atoms with E-state index in [1.807, 2.05) is 67.1 Å². The minimum absolute atomic E-state index is 0.0820. The second-order valence-corrected chi connectivity index (χ2v) is 9.86. The van der Waals surface area contributed by atoms with Crippen LogP contribution in [0.15, 0.2) is 71.9 Å². The van der Waals surface area contributed by atoms with Crippen molar-refractivity contribution in [2.75, 3.05) is 0 Å². The fourth-order valence-corrected chi connectivity index (χ4v) is 5.20. The van der Waals surface area contributed by atoms with Crippen LogP contribution >= 0.6 is 22.9 Å². The molecule has 0 spiro atoms. The molecule has 5 rings (SSSR count). The number of rotatable bonds is 4. The second kappa shape index (κ2) is 7.95. The van der Waals surface area contributed by atoms with E-state index in [0.29, 0.717) is 10.7 Å².